The number of aromatic amines is 1. The molecule has 1 aromatic heterocycles. The van der Waals surface area contributed by atoms with Gasteiger partial charge in [0, 0.05) is 42.8 Å². The van der Waals surface area contributed by atoms with Crippen LogP contribution in [0.15, 0.2) is 59.2 Å². The molecule has 3 aromatic rings. The van der Waals surface area contributed by atoms with E-state index in [-0.39, 0.29) is 16.8 Å². The van der Waals surface area contributed by atoms with Crippen LogP contribution in [-0.2, 0) is 6.42 Å². The molecular weight excluding hydrogens is 384 g/mol. The molecule has 1 unspecified atom stereocenters. The fourth-order valence-corrected chi connectivity index (χ4v) is 4.64. The van der Waals surface area contributed by atoms with Crippen molar-refractivity contribution in [2.75, 3.05) is 18.0 Å². The second-order valence-corrected chi connectivity index (χ2v) is 8.18. The second kappa shape index (κ2) is 7.27. The number of anilines is 1. The van der Waals surface area contributed by atoms with Crippen LogP contribution in [0.2, 0.25) is 0 Å². The van der Waals surface area contributed by atoms with Gasteiger partial charge in [0.15, 0.2) is 0 Å². The number of hydrogen-bond acceptors (Lipinski definition) is 3. The molecule has 30 heavy (non-hydrogen) atoms. The molecule has 2 aliphatic heterocycles. The van der Waals surface area contributed by atoms with Gasteiger partial charge in [-0.15, -0.1) is 0 Å². The van der Waals surface area contributed by atoms with E-state index in [1.165, 1.54) is 23.9 Å². The van der Waals surface area contributed by atoms with E-state index in [0.717, 1.165) is 49.3 Å². The van der Waals surface area contributed by atoms with Gasteiger partial charge < -0.3 is 14.8 Å². The normalized spacial score (nSPS) is 17.8. The quantitative estimate of drug-likeness (QED) is 0.678. The third-order valence-electron chi connectivity index (χ3n) is 6.20. The molecule has 3 heterocycles. The number of nitrogens with one attached hydrogen (secondary N) is 1. The predicted molar refractivity (Wildman–Crippen MR) is 115 cm³/mol. The summed E-state index contributed by atoms with van der Waals surface area (Å²) in [5.74, 6) is -0.697. The average molecular weight is 407 g/mol. The van der Waals surface area contributed by atoms with Gasteiger partial charge in [0.05, 0.1) is 11.4 Å². The molecule has 1 fully saturated rings. The summed E-state index contributed by atoms with van der Waals surface area (Å²) >= 11 is 0. The standard InChI is InChI=1S/C24H23F2N3O/c1-15-4-9-22(26)23-21(15)11-17(27-24(23)30)3-2-10-28-13-20-12-19(28)14-29(20)18-7-5-16(25)6-8-18/h4-9,11,13,19H,2-3,10,12,14H2,1H3,(H,27,30). The maximum atomic E-state index is 14.0. The number of nitrogens with zero attached hydrogens (tertiary/aromatic N) is 2. The lowest BCUT2D eigenvalue weighted by molar-refractivity contribution is 0.304. The van der Waals surface area contributed by atoms with Gasteiger partial charge >= 0.3 is 0 Å². The Bertz CT molecular complexity index is 1200. The minimum Gasteiger partial charge on any atom is -0.371 e. The molecule has 154 valence electrons. The van der Waals surface area contributed by atoms with Gasteiger partial charge in [0.1, 0.15) is 11.6 Å². The van der Waals surface area contributed by atoms with E-state index >= 15 is 0 Å². The van der Waals surface area contributed by atoms with E-state index in [0.29, 0.717) is 11.4 Å². The summed E-state index contributed by atoms with van der Waals surface area (Å²) < 4.78 is 27.2. The summed E-state index contributed by atoms with van der Waals surface area (Å²) in [6.07, 6.45) is 4.82. The summed E-state index contributed by atoms with van der Waals surface area (Å²) in [6.45, 7) is 3.70. The molecule has 0 saturated carbocycles. The van der Waals surface area contributed by atoms with E-state index < -0.39 is 5.82 Å². The number of hydrogen-bond donors (Lipinski definition) is 1. The van der Waals surface area contributed by atoms with Gasteiger partial charge in [0.2, 0.25) is 0 Å². The lowest BCUT2D eigenvalue weighted by Crippen LogP contribution is -2.36. The van der Waals surface area contributed by atoms with Crippen molar-refractivity contribution in [3.8, 4) is 0 Å². The van der Waals surface area contributed by atoms with Crippen molar-refractivity contribution in [2.45, 2.75) is 32.2 Å². The second-order valence-electron chi connectivity index (χ2n) is 8.18. The number of pyridine rings is 1. The summed E-state index contributed by atoms with van der Waals surface area (Å²) in [5.41, 5.74) is 3.67. The Morgan fingerprint density at radius 3 is 2.67 bits per heavy atom. The Morgan fingerprint density at radius 2 is 1.93 bits per heavy atom. The van der Waals surface area contributed by atoms with Crippen LogP contribution in [-0.4, -0.2) is 29.0 Å². The Balaban J connectivity index is 1.25. The van der Waals surface area contributed by atoms with Gasteiger partial charge in [-0.1, -0.05) is 6.07 Å². The van der Waals surface area contributed by atoms with Gasteiger partial charge in [-0.3, -0.25) is 4.79 Å². The van der Waals surface area contributed by atoms with Crippen LogP contribution in [0.25, 0.3) is 10.8 Å². The summed E-state index contributed by atoms with van der Waals surface area (Å²) in [4.78, 5) is 19.8. The first-order valence-electron chi connectivity index (χ1n) is 10.3. The molecule has 1 saturated heterocycles. The molecule has 2 bridgehead atoms. The maximum Gasteiger partial charge on any atom is 0.259 e. The monoisotopic (exact) mass is 407 g/mol. The molecule has 2 aromatic carbocycles. The van der Waals surface area contributed by atoms with Gasteiger partial charge in [-0.05, 0) is 67.1 Å². The zero-order valence-corrected chi connectivity index (χ0v) is 16.8. The number of fused-ring (bicyclic) bond motifs is 3. The highest BCUT2D eigenvalue weighted by Crippen LogP contribution is 2.36. The first-order chi connectivity index (χ1) is 14.5. The first-order valence-corrected chi connectivity index (χ1v) is 10.3. The molecule has 0 amide bonds. The number of halogens is 2. The largest absolute Gasteiger partial charge is 0.371 e. The summed E-state index contributed by atoms with van der Waals surface area (Å²) in [7, 11) is 0. The molecule has 1 N–H and O–H groups in total. The zero-order valence-electron chi connectivity index (χ0n) is 16.8. The lowest BCUT2D eigenvalue weighted by Gasteiger charge is -2.31. The smallest absolute Gasteiger partial charge is 0.259 e. The third kappa shape index (κ3) is 3.26. The Labute approximate surface area is 173 Å². The van der Waals surface area contributed by atoms with Crippen molar-refractivity contribution < 1.29 is 8.78 Å². The number of H-pyrrole nitrogens is 1. The number of benzene rings is 2. The topological polar surface area (TPSA) is 39.3 Å². The highest BCUT2D eigenvalue weighted by Gasteiger charge is 2.36. The molecule has 1 atom stereocenters. The number of aryl methyl sites for hydroxylation is 2. The minimum absolute atomic E-state index is 0.140. The third-order valence-corrected chi connectivity index (χ3v) is 6.20. The van der Waals surface area contributed by atoms with Crippen molar-refractivity contribution in [2.24, 2.45) is 0 Å². The molecule has 0 aliphatic carbocycles. The maximum absolute atomic E-state index is 14.0. The molecule has 4 nitrogen and oxygen atoms in total. The fraction of sp³-hybridized carbons (Fsp3) is 0.292. The van der Waals surface area contributed by atoms with Crippen molar-refractivity contribution in [3.63, 3.8) is 0 Å². The van der Waals surface area contributed by atoms with Crippen molar-refractivity contribution in [1.29, 1.82) is 0 Å². The molecule has 0 radical (unpaired) electrons. The minimum atomic E-state index is -0.478. The highest BCUT2D eigenvalue weighted by molar-refractivity contribution is 5.85. The van der Waals surface area contributed by atoms with Crippen molar-refractivity contribution in [3.05, 3.63) is 87.6 Å². The van der Waals surface area contributed by atoms with Crippen molar-refractivity contribution >= 4 is 16.5 Å². The Hall–Kier alpha value is -3.15. The Morgan fingerprint density at radius 1 is 1.13 bits per heavy atom. The average Bonchev–Trinajstić information content (AvgIpc) is 3.32. The number of rotatable bonds is 5. The highest BCUT2D eigenvalue weighted by atomic mass is 19.1. The Kier molecular flexibility index (Phi) is 4.57. The molecule has 5 rings (SSSR count). The van der Waals surface area contributed by atoms with Crippen LogP contribution in [0.3, 0.4) is 0 Å². The predicted octanol–water partition coefficient (Wildman–Crippen LogP) is 4.48. The fourth-order valence-electron chi connectivity index (χ4n) is 4.64. The number of aromatic nitrogens is 1. The van der Waals surface area contributed by atoms with Crippen LogP contribution < -0.4 is 10.5 Å². The van der Waals surface area contributed by atoms with Crippen LogP contribution in [0.1, 0.15) is 24.1 Å². The lowest BCUT2D eigenvalue weighted by atomic mass is 10.0. The van der Waals surface area contributed by atoms with Crippen molar-refractivity contribution in [1.82, 2.24) is 9.88 Å². The molecular formula is C24H23F2N3O. The van der Waals surface area contributed by atoms with Crippen LogP contribution in [0.5, 0.6) is 0 Å². The van der Waals surface area contributed by atoms with E-state index in [2.05, 4.69) is 21.0 Å². The zero-order chi connectivity index (χ0) is 20.8. The first kappa shape index (κ1) is 18.9. The summed E-state index contributed by atoms with van der Waals surface area (Å²) in [6, 6.07) is 12.0. The van der Waals surface area contributed by atoms with E-state index in [4.69, 9.17) is 0 Å². The molecule has 6 heteroatoms. The van der Waals surface area contributed by atoms with Gasteiger partial charge in [0.25, 0.3) is 5.56 Å². The molecule has 0 spiro atoms. The van der Waals surface area contributed by atoms with Gasteiger partial charge in [-0.25, -0.2) is 8.78 Å². The van der Waals surface area contributed by atoms with Gasteiger partial charge in [-0.2, -0.15) is 0 Å². The van der Waals surface area contributed by atoms with Crippen LogP contribution in [0, 0.1) is 18.6 Å². The SMILES string of the molecule is Cc1ccc(F)c2c(=O)[nH]c(CCCN3C=C4CC3CN4c3ccc(F)cc3)cc12. The van der Waals surface area contributed by atoms with Crippen LogP contribution >= 0.6 is 0 Å². The summed E-state index contributed by atoms with van der Waals surface area (Å²) in [5, 5.41) is 0.826. The molecule has 2 aliphatic rings. The van der Waals surface area contributed by atoms with E-state index in [1.807, 2.05) is 25.1 Å². The van der Waals surface area contributed by atoms with Crippen LogP contribution in [0.4, 0.5) is 14.5 Å². The van der Waals surface area contributed by atoms with E-state index in [1.54, 1.807) is 6.07 Å². The van der Waals surface area contributed by atoms with E-state index in [9.17, 15) is 13.6 Å².